The van der Waals surface area contributed by atoms with Crippen molar-refractivity contribution in [3.63, 3.8) is 0 Å². The lowest BCUT2D eigenvalue weighted by Crippen LogP contribution is -2.42. The lowest BCUT2D eigenvalue weighted by atomic mass is 9.61. The summed E-state index contributed by atoms with van der Waals surface area (Å²) in [5.41, 5.74) is 1.40. The van der Waals surface area contributed by atoms with Gasteiger partial charge in [-0.05, 0) is 36.6 Å². The zero-order chi connectivity index (χ0) is 14.9. The van der Waals surface area contributed by atoms with Crippen LogP contribution in [0.4, 0.5) is 0 Å². The maximum absolute atomic E-state index is 13.0. The molecule has 0 N–H and O–H groups in total. The number of ketones is 1. The topological polar surface area (TPSA) is 26.3 Å². The van der Waals surface area contributed by atoms with Crippen LogP contribution in [0, 0.1) is 0 Å². The highest BCUT2D eigenvalue weighted by atomic mass is 35.5. The Morgan fingerprint density at radius 3 is 2.43 bits per heavy atom. The average Bonchev–Trinajstić information content (AvgIpc) is 2.47. The highest BCUT2D eigenvalue weighted by molar-refractivity contribution is 6.32. The Labute approximate surface area is 129 Å². The average molecular weight is 301 g/mol. The van der Waals surface area contributed by atoms with Gasteiger partial charge in [0.1, 0.15) is 5.75 Å². The lowest BCUT2D eigenvalue weighted by Gasteiger charge is -2.41. The summed E-state index contributed by atoms with van der Waals surface area (Å²) in [5, 5.41) is 0.524. The van der Waals surface area contributed by atoms with Crippen molar-refractivity contribution in [2.24, 2.45) is 0 Å². The highest BCUT2D eigenvalue weighted by Crippen LogP contribution is 2.46. The predicted molar refractivity (Wildman–Crippen MR) is 84.3 cm³/mol. The molecule has 1 fully saturated rings. The van der Waals surface area contributed by atoms with Crippen molar-refractivity contribution < 1.29 is 9.53 Å². The molecule has 2 nitrogen and oxygen atoms in total. The molecular weight excluding hydrogens is 284 g/mol. The molecule has 0 radical (unpaired) electrons. The van der Waals surface area contributed by atoms with E-state index in [9.17, 15) is 4.79 Å². The molecule has 0 aromatic heterocycles. The Kier molecular flexibility index (Phi) is 3.73. The molecule has 1 aliphatic carbocycles. The van der Waals surface area contributed by atoms with Crippen molar-refractivity contribution >= 4 is 17.4 Å². The third kappa shape index (κ3) is 2.34. The van der Waals surface area contributed by atoms with E-state index in [2.05, 4.69) is 0 Å². The number of halogens is 1. The molecule has 2 aromatic rings. The van der Waals surface area contributed by atoms with Gasteiger partial charge in [-0.25, -0.2) is 0 Å². The predicted octanol–water partition coefficient (Wildman–Crippen LogP) is 4.65. The van der Waals surface area contributed by atoms with E-state index in [-0.39, 0.29) is 11.2 Å². The summed E-state index contributed by atoms with van der Waals surface area (Å²) in [4.78, 5) is 13.0. The van der Waals surface area contributed by atoms with E-state index in [0.29, 0.717) is 16.3 Å². The minimum Gasteiger partial charge on any atom is -0.495 e. The van der Waals surface area contributed by atoms with E-state index >= 15 is 0 Å². The Hall–Kier alpha value is -1.80. The smallest absolute Gasteiger partial charge is 0.173 e. The number of ether oxygens (including phenoxy) is 1. The minimum absolute atomic E-state index is 0.162. The van der Waals surface area contributed by atoms with Crippen molar-refractivity contribution in [1.29, 1.82) is 0 Å². The van der Waals surface area contributed by atoms with Gasteiger partial charge in [0.15, 0.2) is 5.78 Å². The van der Waals surface area contributed by atoms with Crippen LogP contribution in [0.25, 0.3) is 0 Å². The molecule has 0 aliphatic heterocycles. The molecule has 0 heterocycles. The van der Waals surface area contributed by atoms with E-state index in [1.165, 1.54) is 0 Å². The van der Waals surface area contributed by atoms with Gasteiger partial charge in [0, 0.05) is 5.56 Å². The van der Waals surface area contributed by atoms with Crippen molar-refractivity contribution in [3.05, 3.63) is 64.7 Å². The Morgan fingerprint density at radius 1 is 1.14 bits per heavy atom. The molecular formula is C18H17ClO2. The quantitative estimate of drug-likeness (QED) is 0.768. The van der Waals surface area contributed by atoms with E-state index < -0.39 is 0 Å². The molecule has 21 heavy (non-hydrogen) atoms. The number of methoxy groups -OCH3 is 1. The molecule has 0 spiro atoms. The maximum Gasteiger partial charge on any atom is 0.173 e. The molecule has 0 unspecified atom stereocenters. The normalized spacial score (nSPS) is 16.1. The maximum atomic E-state index is 13.0. The number of hydrogen-bond acceptors (Lipinski definition) is 2. The molecule has 3 rings (SSSR count). The molecule has 1 saturated carbocycles. The van der Waals surface area contributed by atoms with Crippen LogP contribution >= 0.6 is 11.6 Å². The summed E-state index contributed by atoms with van der Waals surface area (Å²) in [7, 11) is 1.56. The van der Waals surface area contributed by atoms with Gasteiger partial charge in [-0.15, -0.1) is 0 Å². The third-order valence-corrected chi connectivity index (χ3v) is 4.69. The summed E-state index contributed by atoms with van der Waals surface area (Å²) in [6, 6.07) is 15.3. The van der Waals surface area contributed by atoms with Gasteiger partial charge in [0.2, 0.25) is 0 Å². The first-order chi connectivity index (χ1) is 10.2. The summed E-state index contributed by atoms with van der Waals surface area (Å²) >= 11 is 6.04. The Balaban J connectivity index is 2.00. The van der Waals surface area contributed by atoms with Gasteiger partial charge in [0.25, 0.3) is 0 Å². The Bertz CT molecular complexity index is 660. The standard InChI is InChI=1S/C18H17ClO2/c1-21-16-12-13(8-9-15(16)19)17(20)18(10-5-11-18)14-6-3-2-4-7-14/h2-4,6-9,12H,5,10-11H2,1H3. The molecule has 0 saturated heterocycles. The van der Waals surface area contributed by atoms with Crippen molar-refractivity contribution in [3.8, 4) is 5.75 Å². The second-order valence-corrected chi connectivity index (χ2v) is 5.89. The number of carbonyl (C=O) groups is 1. The van der Waals surface area contributed by atoms with Crippen LogP contribution in [0.3, 0.4) is 0 Å². The largest absolute Gasteiger partial charge is 0.495 e. The first kappa shape index (κ1) is 14.2. The van der Waals surface area contributed by atoms with E-state index in [0.717, 1.165) is 24.8 Å². The Morgan fingerprint density at radius 2 is 1.86 bits per heavy atom. The summed E-state index contributed by atoms with van der Waals surface area (Å²) in [6.45, 7) is 0. The van der Waals surface area contributed by atoms with Crippen molar-refractivity contribution in [1.82, 2.24) is 0 Å². The zero-order valence-corrected chi connectivity index (χ0v) is 12.7. The van der Waals surface area contributed by atoms with Gasteiger partial charge in [-0.2, -0.15) is 0 Å². The number of carbonyl (C=O) groups excluding carboxylic acids is 1. The SMILES string of the molecule is COc1cc(C(=O)C2(c3ccccc3)CCC2)ccc1Cl. The van der Waals surface area contributed by atoms with E-state index in [1.807, 2.05) is 30.3 Å². The first-order valence-electron chi connectivity index (χ1n) is 7.11. The summed E-state index contributed by atoms with van der Waals surface area (Å²) in [6.07, 6.45) is 2.90. The summed E-state index contributed by atoms with van der Waals surface area (Å²) in [5.74, 6) is 0.708. The first-order valence-corrected chi connectivity index (χ1v) is 7.49. The monoisotopic (exact) mass is 300 g/mol. The van der Waals surface area contributed by atoms with Crippen molar-refractivity contribution in [2.75, 3.05) is 7.11 Å². The van der Waals surface area contributed by atoms with Gasteiger partial charge >= 0.3 is 0 Å². The number of hydrogen-bond donors (Lipinski definition) is 0. The van der Waals surface area contributed by atoms with Crippen LogP contribution in [0.2, 0.25) is 5.02 Å². The fourth-order valence-corrected chi connectivity index (χ4v) is 3.21. The van der Waals surface area contributed by atoms with Crippen LogP contribution < -0.4 is 4.74 Å². The van der Waals surface area contributed by atoms with Crippen molar-refractivity contribution in [2.45, 2.75) is 24.7 Å². The molecule has 0 amide bonds. The van der Waals surface area contributed by atoms with Gasteiger partial charge in [0.05, 0.1) is 17.5 Å². The fourth-order valence-electron chi connectivity index (χ4n) is 3.01. The minimum atomic E-state index is -0.375. The number of Topliss-reactive ketones (excluding diaryl/α,β-unsaturated/α-hetero) is 1. The molecule has 0 bridgehead atoms. The van der Waals surface area contributed by atoms with Gasteiger partial charge < -0.3 is 4.74 Å². The van der Waals surface area contributed by atoms with Crippen LogP contribution in [-0.4, -0.2) is 12.9 Å². The fraction of sp³-hybridized carbons (Fsp3) is 0.278. The van der Waals surface area contributed by atoms with Crippen LogP contribution in [0.5, 0.6) is 5.75 Å². The molecule has 3 heteroatoms. The molecule has 0 atom stereocenters. The van der Waals surface area contributed by atoms with Crippen LogP contribution in [0.15, 0.2) is 48.5 Å². The lowest BCUT2D eigenvalue weighted by molar-refractivity contribution is 0.0788. The summed E-state index contributed by atoms with van der Waals surface area (Å²) < 4.78 is 5.22. The second kappa shape index (κ2) is 5.53. The van der Waals surface area contributed by atoms with Crippen LogP contribution in [-0.2, 0) is 5.41 Å². The van der Waals surface area contributed by atoms with E-state index in [4.69, 9.17) is 16.3 Å². The van der Waals surface area contributed by atoms with Crippen LogP contribution in [0.1, 0.15) is 35.2 Å². The molecule has 2 aromatic carbocycles. The number of rotatable bonds is 4. The third-order valence-electron chi connectivity index (χ3n) is 4.38. The van der Waals surface area contributed by atoms with E-state index in [1.54, 1.807) is 25.3 Å². The highest BCUT2D eigenvalue weighted by Gasteiger charge is 2.45. The molecule has 108 valence electrons. The van der Waals surface area contributed by atoms with Gasteiger partial charge in [-0.3, -0.25) is 4.79 Å². The zero-order valence-electron chi connectivity index (χ0n) is 11.9. The molecule has 1 aliphatic rings. The number of benzene rings is 2. The van der Waals surface area contributed by atoms with Gasteiger partial charge in [-0.1, -0.05) is 48.4 Å². The second-order valence-electron chi connectivity index (χ2n) is 5.48.